The number of hydrogen-bond donors (Lipinski definition) is 1. The molecule has 0 aromatic carbocycles. The highest BCUT2D eigenvalue weighted by molar-refractivity contribution is 7.16. The van der Waals surface area contributed by atoms with Crippen molar-refractivity contribution in [3.63, 3.8) is 0 Å². The highest BCUT2D eigenvalue weighted by atomic mass is 35.5. The number of nitrogens with zero attached hydrogens (tertiary/aromatic N) is 1. The summed E-state index contributed by atoms with van der Waals surface area (Å²) >= 11 is 7.62. The Morgan fingerprint density at radius 2 is 2.05 bits per heavy atom. The van der Waals surface area contributed by atoms with Gasteiger partial charge in [0.1, 0.15) is 0 Å². The van der Waals surface area contributed by atoms with E-state index in [1.54, 1.807) is 11.3 Å². The van der Waals surface area contributed by atoms with Crippen LogP contribution in [0.4, 0.5) is 0 Å². The first-order valence-electron chi connectivity index (χ1n) is 7.98. The van der Waals surface area contributed by atoms with E-state index in [1.807, 2.05) is 6.07 Å². The molecule has 1 aliphatic heterocycles. The van der Waals surface area contributed by atoms with Crippen molar-refractivity contribution in [2.75, 3.05) is 26.2 Å². The van der Waals surface area contributed by atoms with Crippen molar-refractivity contribution in [2.45, 2.75) is 38.6 Å². The second kappa shape index (κ2) is 7.26. The second-order valence-corrected chi connectivity index (χ2v) is 8.08. The number of hydrogen-bond acceptors (Lipinski definition) is 3. The van der Waals surface area contributed by atoms with Crippen molar-refractivity contribution < 1.29 is 0 Å². The highest BCUT2D eigenvalue weighted by Crippen LogP contribution is 2.35. The zero-order valence-corrected chi connectivity index (χ0v) is 13.7. The molecular formula is C16H25ClN2S. The number of fused-ring (bicyclic) bond motifs is 1. The van der Waals surface area contributed by atoms with E-state index in [0.29, 0.717) is 0 Å². The molecule has 1 saturated heterocycles. The number of halogens is 1. The highest BCUT2D eigenvalue weighted by Gasteiger charge is 2.30. The molecule has 20 heavy (non-hydrogen) atoms. The van der Waals surface area contributed by atoms with Crippen molar-refractivity contribution >= 4 is 22.9 Å². The minimum Gasteiger partial charge on any atom is -0.311 e. The minimum absolute atomic E-state index is 0.890. The van der Waals surface area contributed by atoms with Crippen LogP contribution >= 0.6 is 22.9 Å². The molecule has 1 N–H and O–H groups in total. The largest absolute Gasteiger partial charge is 0.311 e. The van der Waals surface area contributed by atoms with Gasteiger partial charge in [0, 0.05) is 31.1 Å². The SMILES string of the molecule is Clc1ccc(CNCCN2CCC3CCCCC3C2)s1. The van der Waals surface area contributed by atoms with E-state index in [4.69, 9.17) is 11.6 Å². The maximum Gasteiger partial charge on any atom is 0.0931 e. The molecule has 2 nitrogen and oxygen atoms in total. The fourth-order valence-corrected chi connectivity index (χ4v) is 4.83. The van der Waals surface area contributed by atoms with Gasteiger partial charge in [-0.3, -0.25) is 0 Å². The van der Waals surface area contributed by atoms with Crippen LogP contribution in [0.25, 0.3) is 0 Å². The maximum atomic E-state index is 5.94. The van der Waals surface area contributed by atoms with Gasteiger partial charge in [-0.15, -0.1) is 11.3 Å². The topological polar surface area (TPSA) is 15.3 Å². The van der Waals surface area contributed by atoms with Crippen LogP contribution in [-0.4, -0.2) is 31.1 Å². The average Bonchev–Trinajstić information content (AvgIpc) is 2.89. The Balaban J connectivity index is 1.34. The smallest absolute Gasteiger partial charge is 0.0931 e. The van der Waals surface area contributed by atoms with E-state index in [1.165, 1.54) is 56.6 Å². The molecule has 4 heteroatoms. The minimum atomic E-state index is 0.890. The van der Waals surface area contributed by atoms with Gasteiger partial charge >= 0.3 is 0 Å². The first kappa shape index (κ1) is 14.8. The monoisotopic (exact) mass is 312 g/mol. The third kappa shape index (κ3) is 3.97. The third-order valence-electron chi connectivity index (χ3n) is 4.91. The molecule has 1 aliphatic carbocycles. The lowest BCUT2D eigenvalue weighted by Crippen LogP contribution is -2.44. The first-order valence-corrected chi connectivity index (χ1v) is 9.18. The lowest BCUT2D eigenvalue weighted by Gasteiger charge is -2.41. The summed E-state index contributed by atoms with van der Waals surface area (Å²) in [4.78, 5) is 4.00. The van der Waals surface area contributed by atoms with E-state index < -0.39 is 0 Å². The van der Waals surface area contributed by atoms with E-state index in [-0.39, 0.29) is 0 Å². The number of thiophene rings is 1. The normalized spacial score (nSPS) is 27.4. The fourth-order valence-electron chi connectivity index (χ4n) is 3.77. The van der Waals surface area contributed by atoms with Gasteiger partial charge in [0.15, 0.2) is 0 Å². The van der Waals surface area contributed by atoms with Gasteiger partial charge in [0.05, 0.1) is 4.34 Å². The summed E-state index contributed by atoms with van der Waals surface area (Å²) in [6, 6.07) is 4.10. The molecule has 2 aliphatic rings. The summed E-state index contributed by atoms with van der Waals surface area (Å²) < 4.78 is 0.890. The van der Waals surface area contributed by atoms with E-state index in [9.17, 15) is 0 Å². The van der Waals surface area contributed by atoms with E-state index in [0.717, 1.165) is 29.3 Å². The van der Waals surface area contributed by atoms with Gasteiger partial charge in [-0.2, -0.15) is 0 Å². The Morgan fingerprint density at radius 3 is 2.85 bits per heavy atom. The number of piperidine rings is 1. The molecule has 112 valence electrons. The fraction of sp³-hybridized carbons (Fsp3) is 0.750. The lowest BCUT2D eigenvalue weighted by atomic mass is 9.75. The summed E-state index contributed by atoms with van der Waals surface area (Å²) in [7, 11) is 0. The van der Waals surface area contributed by atoms with Crippen molar-refractivity contribution in [1.82, 2.24) is 10.2 Å². The lowest BCUT2D eigenvalue weighted by molar-refractivity contribution is 0.0875. The van der Waals surface area contributed by atoms with Gasteiger partial charge in [0.2, 0.25) is 0 Å². The predicted molar refractivity (Wildman–Crippen MR) is 87.5 cm³/mol. The van der Waals surface area contributed by atoms with Crippen LogP contribution in [0.15, 0.2) is 12.1 Å². The Morgan fingerprint density at radius 1 is 1.20 bits per heavy atom. The van der Waals surface area contributed by atoms with Crippen LogP contribution in [0.1, 0.15) is 37.0 Å². The zero-order valence-electron chi connectivity index (χ0n) is 12.1. The predicted octanol–water partition coefficient (Wildman–Crippen LogP) is 4.00. The third-order valence-corrected chi connectivity index (χ3v) is 6.14. The van der Waals surface area contributed by atoms with Crippen molar-refractivity contribution in [3.8, 4) is 0 Å². The van der Waals surface area contributed by atoms with Crippen LogP contribution in [0.5, 0.6) is 0 Å². The van der Waals surface area contributed by atoms with Crippen molar-refractivity contribution in [2.24, 2.45) is 11.8 Å². The standard InChI is InChI=1S/C16H25ClN2S/c17-16-6-5-15(20-16)11-18-8-10-19-9-7-13-3-1-2-4-14(13)12-19/h5-6,13-14,18H,1-4,7-12H2. The molecule has 2 unspecified atom stereocenters. The summed E-state index contributed by atoms with van der Waals surface area (Å²) in [6.07, 6.45) is 7.35. The van der Waals surface area contributed by atoms with Crippen LogP contribution < -0.4 is 5.32 Å². The second-order valence-electron chi connectivity index (χ2n) is 6.28. The van der Waals surface area contributed by atoms with Crippen molar-refractivity contribution in [1.29, 1.82) is 0 Å². The Bertz CT molecular complexity index is 420. The van der Waals surface area contributed by atoms with Crippen molar-refractivity contribution in [3.05, 3.63) is 21.3 Å². The molecule has 0 radical (unpaired) electrons. The molecule has 0 bridgehead atoms. The van der Waals surface area contributed by atoms with Crippen LogP contribution in [0.3, 0.4) is 0 Å². The van der Waals surface area contributed by atoms with Crippen LogP contribution in [0.2, 0.25) is 4.34 Å². The van der Waals surface area contributed by atoms with Crippen LogP contribution in [0, 0.1) is 11.8 Å². The summed E-state index contributed by atoms with van der Waals surface area (Å²) in [5.41, 5.74) is 0. The molecule has 2 fully saturated rings. The molecule has 1 aromatic rings. The Hall–Kier alpha value is -0.0900. The maximum absolute atomic E-state index is 5.94. The van der Waals surface area contributed by atoms with Gasteiger partial charge in [-0.25, -0.2) is 0 Å². The Kier molecular flexibility index (Phi) is 5.38. The van der Waals surface area contributed by atoms with E-state index in [2.05, 4.69) is 16.3 Å². The van der Waals surface area contributed by atoms with Gasteiger partial charge in [-0.1, -0.05) is 30.9 Å². The van der Waals surface area contributed by atoms with Crippen LogP contribution in [-0.2, 0) is 6.54 Å². The summed E-state index contributed by atoms with van der Waals surface area (Å²) in [5.74, 6) is 2.04. The Labute approximate surface area is 131 Å². The molecule has 2 atom stereocenters. The molecule has 0 amide bonds. The zero-order chi connectivity index (χ0) is 13.8. The molecule has 3 rings (SSSR count). The molecule has 0 spiro atoms. The number of likely N-dealkylation sites (tertiary alicyclic amines) is 1. The molecule has 1 aromatic heterocycles. The quantitative estimate of drug-likeness (QED) is 0.827. The van der Waals surface area contributed by atoms with E-state index >= 15 is 0 Å². The number of rotatable bonds is 5. The summed E-state index contributed by atoms with van der Waals surface area (Å²) in [6.45, 7) is 5.90. The molecule has 2 heterocycles. The van der Waals surface area contributed by atoms with Gasteiger partial charge < -0.3 is 10.2 Å². The molecular weight excluding hydrogens is 288 g/mol. The molecule has 1 saturated carbocycles. The summed E-state index contributed by atoms with van der Waals surface area (Å²) in [5, 5.41) is 3.54. The van der Waals surface area contributed by atoms with Gasteiger partial charge in [0.25, 0.3) is 0 Å². The number of nitrogens with one attached hydrogen (secondary N) is 1. The first-order chi connectivity index (χ1) is 9.81. The average molecular weight is 313 g/mol. The van der Waals surface area contributed by atoms with Gasteiger partial charge in [-0.05, 0) is 43.4 Å².